The number of benzene rings is 1. The van der Waals surface area contributed by atoms with Crippen molar-refractivity contribution >= 4 is 0 Å². The van der Waals surface area contributed by atoms with Crippen LogP contribution in [0.15, 0.2) is 18.2 Å². The highest BCUT2D eigenvalue weighted by Crippen LogP contribution is 2.28. The Balaban J connectivity index is 2.89. The van der Waals surface area contributed by atoms with Crippen LogP contribution in [0.5, 0.6) is 5.75 Å². The molecule has 1 aromatic rings. The van der Waals surface area contributed by atoms with Crippen molar-refractivity contribution in [2.45, 2.75) is 26.2 Å². The highest BCUT2D eigenvalue weighted by molar-refractivity contribution is 5.42. The summed E-state index contributed by atoms with van der Waals surface area (Å²) in [4.78, 5) is 4.49. The Morgan fingerprint density at radius 2 is 2.14 bits per heavy atom. The third-order valence-corrected chi connectivity index (χ3v) is 2.26. The van der Waals surface area contributed by atoms with Gasteiger partial charge in [-0.3, -0.25) is 0 Å². The molecule has 0 atom stereocenters. The minimum atomic E-state index is 0.328. The second-order valence-corrected chi connectivity index (χ2v) is 3.63. The minimum Gasteiger partial charge on any atom is -0.507 e. The molecule has 3 heteroatoms. The number of rotatable bonds is 4. The van der Waals surface area contributed by atoms with E-state index in [2.05, 4.69) is 18.7 Å². The Morgan fingerprint density at radius 3 is 2.71 bits per heavy atom. The molecule has 0 fully saturated rings. The van der Waals surface area contributed by atoms with Gasteiger partial charge in [0.05, 0.1) is 6.61 Å². The SMILES string of the molecule is CC(C)c1cccc(CCON)c1O. The predicted molar refractivity (Wildman–Crippen MR) is 56.0 cm³/mol. The third kappa shape index (κ3) is 2.47. The summed E-state index contributed by atoms with van der Waals surface area (Å²) in [5.41, 5.74) is 1.86. The molecule has 3 nitrogen and oxygen atoms in total. The molecule has 0 saturated carbocycles. The van der Waals surface area contributed by atoms with Gasteiger partial charge in [0.25, 0.3) is 0 Å². The molecule has 1 rings (SSSR count). The molecule has 78 valence electrons. The molecule has 0 unspecified atom stereocenters. The van der Waals surface area contributed by atoms with Crippen molar-refractivity contribution in [2.75, 3.05) is 6.61 Å². The standard InChI is InChI=1S/C11H17NO2/c1-8(2)10-5-3-4-9(11(10)13)6-7-14-12/h3-5,8,13H,6-7,12H2,1-2H3. The molecule has 0 aromatic heterocycles. The molecule has 0 saturated heterocycles. The first-order chi connectivity index (χ1) is 6.66. The normalized spacial score (nSPS) is 10.9. The van der Waals surface area contributed by atoms with Crippen LogP contribution in [0, 0.1) is 0 Å². The fraction of sp³-hybridized carbons (Fsp3) is 0.455. The fourth-order valence-electron chi connectivity index (χ4n) is 1.45. The maximum Gasteiger partial charge on any atom is 0.122 e. The van der Waals surface area contributed by atoms with Crippen LogP contribution in [-0.2, 0) is 11.3 Å². The van der Waals surface area contributed by atoms with E-state index < -0.39 is 0 Å². The van der Waals surface area contributed by atoms with E-state index in [4.69, 9.17) is 5.90 Å². The largest absolute Gasteiger partial charge is 0.507 e. The van der Waals surface area contributed by atoms with Crippen molar-refractivity contribution < 1.29 is 9.94 Å². The van der Waals surface area contributed by atoms with Gasteiger partial charge in [-0.2, -0.15) is 0 Å². The second kappa shape index (κ2) is 4.98. The summed E-state index contributed by atoms with van der Waals surface area (Å²) in [5, 5.41) is 9.89. The Hall–Kier alpha value is -1.06. The van der Waals surface area contributed by atoms with Gasteiger partial charge in [-0.15, -0.1) is 0 Å². The summed E-state index contributed by atoms with van der Waals surface area (Å²) in [6.45, 7) is 4.53. The lowest BCUT2D eigenvalue weighted by atomic mass is 9.98. The van der Waals surface area contributed by atoms with Crippen molar-refractivity contribution in [2.24, 2.45) is 5.90 Å². The number of phenolic OH excluding ortho intramolecular Hbond substituents is 1. The quantitative estimate of drug-likeness (QED) is 0.722. The van der Waals surface area contributed by atoms with Crippen LogP contribution in [0.25, 0.3) is 0 Å². The predicted octanol–water partition coefficient (Wildman–Crippen LogP) is 1.95. The van der Waals surface area contributed by atoms with Gasteiger partial charge < -0.3 is 9.94 Å². The van der Waals surface area contributed by atoms with Gasteiger partial charge >= 0.3 is 0 Å². The summed E-state index contributed by atoms with van der Waals surface area (Å²) < 4.78 is 0. The molecule has 1 aromatic carbocycles. The topological polar surface area (TPSA) is 55.5 Å². The monoisotopic (exact) mass is 195 g/mol. The molecule has 0 bridgehead atoms. The van der Waals surface area contributed by atoms with Crippen LogP contribution >= 0.6 is 0 Å². The van der Waals surface area contributed by atoms with Gasteiger partial charge in [0.2, 0.25) is 0 Å². The van der Waals surface area contributed by atoms with Gasteiger partial charge in [-0.1, -0.05) is 32.0 Å². The lowest BCUT2D eigenvalue weighted by molar-refractivity contribution is 0.140. The highest BCUT2D eigenvalue weighted by Gasteiger charge is 2.09. The minimum absolute atomic E-state index is 0.328. The van der Waals surface area contributed by atoms with Gasteiger partial charge in [0.15, 0.2) is 0 Å². The smallest absolute Gasteiger partial charge is 0.122 e. The summed E-state index contributed by atoms with van der Waals surface area (Å²) in [6.07, 6.45) is 0.642. The van der Waals surface area contributed by atoms with Crippen molar-refractivity contribution in [1.82, 2.24) is 0 Å². The Kier molecular flexibility index (Phi) is 3.92. The van der Waals surface area contributed by atoms with E-state index in [0.717, 1.165) is 11.1 Å². The number of para-hydroxylation sites is 1. The Labute approximate surface area is 84.5 Å². The number of phenols is 1. The third-order valence-electron chi connectivity index (χ3n) is 2.26. The van der Waals surface area contributed by atoms with Crippen molar-refractivity contribution in [3.63, 3.8) is 0 Å². The number of hydrogen-bond acceptors (Lipinski definition) is 3. The van der Waals surface area contributed by atoms with Crippen molar-refractivity contribution in [1.29, 1.82) is 0 Å². The summed E-state index contributed by atoms with van der Waals surface area (Å²) in [5.74, 6) is 5.64. The fourth-order valence-corrected chi connectivity index (χ4v) is 1.45. The number of nitrogens with two attached hydrogens (primary N) is 1. The zero-order valence-corrected chi connectivity index (χ0v) is 8.66. The molecule has 0 aliphatic carbocycles. The molecular weight excluding hydrogens is 178 g/mol. The van der Waals surface area contributed by atoms with Crippen LogP contribution in [0.1, 0.15) is 30.9 Å². The van der Waals surface area contributed by atoms with Crippen molar-refractivity contribution in [3.8, 4) is 5.75 Å². The first-order valence-electron chi connectivity index (χ1n) is 4.79. The summed E-state index contributed by atoms with van der Waals surface area (Å²) in [7, 11) is 0. The van der Waals surface area contributed by atoms with Gasteiger partial charge in [-0.25, -0.2) is 5.90 Å². The molecule has 0 radical (unpaired) electrons. The van der Waals surface area contributed by atoms with Gasteiger partial charge in [0, 0.05) is 6.42 Å². The maximum atomic E-state index is 9.89. The first kappa shape index (κ1) is 11.0. The summed E-state index contributed by atoms with van der Waals surface area (Å²) >= 11 is 0. The molecule has 0 amide bonds. The summed E-state index contributed by atoms with van der Waals surface area (Å²) in [6, 6.07) is 5.77. The van der Waals surface area contributed by atoms with E-state index in [0.29, 0.717) is 24.7 Å². The average Bonchev–Trinajstić information content (AvgIpc) is 2.16. The van der Waals surface area contributed by atoms with E-state index in [1.165, 1.54) is 0 Å². The molecule has 3 N–H and O–H groups in total. The zero-order chi connectivity index (χ0) is 10.6. The molecular formula is C11H17NO2. The number of aromatic hydroxyl groups is 1. The van der Waals surface area contributed by atoms with E-state index in [9.17, 15) is 5.11 Å². The lowest BCUT2D eigenvalue weighted by Crippen LogP contribution is -2.04. The van der Waals surface area contributed by atoms with Gasteiger partial charge in [0.1, 0.15) is 5.75 Å². The maximum absolute atomic E-state index is 9.89. The van der Waals surface area contributed by atoms with E-state index in [1.807, 2.05) is 18.2 Å². The van der Waals surface area contributed by atoms with Crippen molar-refractivity contribution in [3.05, 3.63) is 29.3 Å². The molecule has 0 heterocycles. The van der Waals surface area contributed by atoms with E-state index in [-0.39, 0.29) is 0 Å². The van der Waals surface area contributed by atoms with E-state index >= 15 is 0 Å². The van der Waals surface area contributed by atoms with E-state index in [1.54, 1.807) is 0 Å². The number of hydrogen-bond donors (Lipinski definition) is 2. The molecule has 14 heavy (non-hydrogen) atoms. The van der Waals surface area contributed by atoms with Crippen LogP contribution in [0.4, 0.5) is 0 Å². The second-order valence-electron chi connectivity index (χ2n) is 3.63. The molecule has 0 aliphatic heterocycles. The molecule has 0 aliphatic rings. The van der Waals surface area contributed by atoms with Crippen LogP contribution in [-0.4, -0.2) is 11.7 Å². The van der Waals surface area contributed by atoms with Crippen LogP contribution < -0.4 is 5.90 Å². The zero-order valence-electron chi connectivity index (χ0n) is 8.66. The van der Waals surface area contributed by atoms with Crippen LogP contribution in [0.3, 0.4) is 0 Å². The first-order valence-corrected chi connectivity index (χ1v) is 4.79. The van der Waals surface area contributed by atoms with Crippen LogP contribution in [0.2, 0.25) is 0 Å². The van der Waals surface area contributed by atoms with Gasteiger partial charge in [-0.05, 0) is 17.0 Å². The molecule has 0 spiro atoms. The lowest BCUT2D eigenvalue weighted by Gasteiger charge is -2.11. The Morgan fingerprint density at radius 1 is 1.43 bits per heavy atom. The highest BCUT2D eigenvalue weighted by atomic mass is 16.6. The Bertz CT molecular complexity index is 297. The average molecular weight is 195 g/mol.